The van der Waals surface area contributed by atoms with E-state index in [4.69, 9.17) is 16.3 Å². The van der Waals surface area contributed by atoms with Gasteiger partial charge in [-0.25, -0.2) is 0 Å². The number of halogens is 1. The maximum absolute atomic E-state index is 13.6. The van der Waals surface area contributed by atoms with Crippen molar-refractivity contribution in [3.05, 3.63) is 101 Å². The number of carbonyl (C=O) groups excluding carboxylic acids is 2. The highest BCUT2D eigenvalue weighted by Gasteiger charge is 2.30. The summed E-state index contributed by atoms with van der Waals surface area (Å²) in [4.78, 5) is 28.5. The molecule has 0 aliphatic heterocycles. The Morgan fingerprint density at radius 1 is 1.00 bits per heavy atom. The van der Waals surface area contributed by atoms with Gasteiger partial charge in [0.2, 0.25) is 11.8 Å². The molecule has 184 valence electrons. The number of carbonyl (C=O) groups is 2. The van der Waals surface area contributed by atoms with Crippen molar-refractivity contribution in [2.45, 2.75) is 31.7 Å². The molecule has 1 atom stereocenters. The van der Waals surface area contributed by atoms with Crippen LogP contribution in [0, 0.1) is 0 Å². The van der Waals surface area contributed by atoms with Crippen molar-refractivity contribution in [3.8, 4) is 5.75 Å². The van der Waals surface area contributed by atoms with Crippen LogP contribution in [0.25, 0.3) is 0 Å². The number of likely N-dealkylation sites (N-methyl/N-ethyl adjacent to an activating group) is 1. The molecule has 0 heterocycles. The summed E-state index contributed by atoms with van der Waals surface area (Å²) in [5, 5.41) is 3.60. The van der Waals surface area contributed by atoms with E-state index < -0.39 is 6.04 Å². The summed E-state index contributed by atoms with van der Waals surface area (Å²) in [7, 11) is 1.61. The molecule has 5 nitrogen and oxygen atoms in total. The lowest BCUT2D eigenvalue weighted by atomic mass is 10.0. The third-order valence-electron chi connectivity index (χ3n) is 5.55. The SMILES string of the molecule is CCNC(=O)C(Cc1ccccc1)N(Cc1cccc(OC)c1)C(=O)CSCc1ccccc1Cl. The zero-order chi connectivity index (χ0) is 25.0. The number of methoxy groups -OCH3 is 1. The molecule has 3 rings (SSSR count). The van der Waals surface area contributed by atoms with Crippen LogP contribution < -0.4 is 10.1 Å². The summed E-state index contributed by atoms with van der Waals surface area (Å²) in [6, 6.07) is 24.4. The first kappa shape index (κ1) is 26.6. The highest BCUT2D eigenvalue weighted by atomic mass is 35.5. The zero-order valence-electron chi connectivity index (χ0n) is 20.1. The van der Waals surface area contributed by atoms with Crippen molar-refractivity contribution >= 4 is 35.2 Å². The van der Waals surface area contributed by atoms with Crippen molar-refractivity contribution < 1.29 is 14.3 Å². The van der Waals surface area contributed by atoms with Gasteiger partial charge >= 0.3 is 0 Å². The molecule has 0 saturated carbocycles. The van der Waals surface area contributed by atoms with Crippen LogP contribution in [0.1, 0.15) is 23.6 Å². The van der Waals surface area contributed by atoms with Gasteiger partial charge in [-0.05, 0) is 41.8 Å². The van der Waals surface area contributed by atoms with Crippen LogP contribution in [0.2, 0.25) is 5.02 Å². The third kappa shape index (κ3) is 8.05. The van der Waals surface area contributed by atoms with Gasteiger partial charge in [-0.15, -0.1) is 11.8 Å². The Labute approximate surface area is 216 Å². The van der Waals surface area contributed by atoms with Gasteiger partial charge in [0.15, 0.2) is 0 Å². The standard InChI is InChI=1S/C28H31ClN2O3S/c1-3-30-28(33)26(17-21-10-5-4-6-11-21)31(18-22-12-9-14-24(16-22)34-2)27(32)20-35-19-23-13-7-8-15-25(23)29/h4-16,26H,3,17-20H2,1-2H3,(H,30,33). The largest absolute Gasteiger partial charge is 0.497 e. The Bertz CT molecular complexity index is 1110. The number of rotatable bonds is 12. The van der Waals surface area contributed by atoms with Gasteiger partial charge in [-0.2, -0.15) is 0 Å². The molecule has 0 saturated heterocycles. The monoisotopic (exact) mass is 510 g/mol. The first-order valence-corrected chi connectivity index (χ1v) is 13.1. The quantitative estimate of drug-likeness (QED) is 0.356. The zero-order valence-corrected chi connectivity index (χ0v) is 21.6. The first-order valence-electron chi connectivity index (χ1n) is 11.6. The Kier molecular flexibility index (Phi) is 10.5. The second-order valence-electron chi connectivity index (χ2n) is 8.06. The molecule has 3 aromatic rings. The number of benzene rings is 3. The molecular weight excluding hydrogens is 480 g/mol. The normalized spacial score (nSPS) is 11.5. The highest BCUT2D eigenvalue weighted by Crippen LogP contribution is 2.23. The van der Waals surface area contributed by atoms with Crippen molar-refractivity contribution in [2.24, 2.45) is 0 Å². The Morgan fingerprint density at radius 2 is 1.71 bits per heavy atom. The number of amides is 2. The van der Waals surface area contributed by atoms with E-state index in [9.17, 15) is 9.59 Å². The molecule has 0 radical (unpaired) electrons. The van der Waals surface area contributed by atoms with Gasteiger partial charge in [-0.1, -0.05) is 72.3 Å². The van der Waals surface area contributed by atoms with Crippen LogP contribution in [-0.2, 0) is 28.3 Å². The minimum atomic E-state index is -0.642. The van der Waals surface area contributed by atoms with E-state index in [-0.39, 0.29) is 17.6 Å². The number of nitrogens with zero attached hydrogens (tertiary/aromatic N) is 1. The summed E-state index contributed by atoms with van der Waals surface area (Å²) < 4.78 is 5.36. The van der Waals surface area contributed by atoms with Gasteiger partial charge in [0.25, 0.3) is 0 Å². The summed E-state index contributed by atoms with van der Waals surface area (Å²) in [5.41, 5.74) is 2.88. The molecule has 0 fully saturated rings. The van der Waals surface area contributed by atoms with Gasteiger partial charge in [0.05, 0.1) is 12.9 Å². The molecule has 0 spiro atoms. The molecule has 0 aliphatic rings. The van der Waals surface area contributed by atoms with Crippen molar-refractivity contribution in [1.82, 2.24) is 10.2 Å². The van der Waals surface area contributed by atoms with Crippen LogP contribution in [-0.4, -0.2) is 42.2 Å². The molecule has 35 heavy (non-hydrogen) atoms. The minimum Gasteiger partial charge on any atom is -0.497 e. The average Bonchev–Trinajstić information content (AvgIpc) is 2.88. The lowest BCUT2D eigenvalue weighted by Gasteiger charge is -2.31. The van der Waals surface area contributed by atoms with E-state index >= 15 is 0 Å². The second-order valence-corrected chi connectivity index (χ2v) is 9.45. The molecule has 0 bridgehead atoms. The van der Waals surface area contributed by atoms with Crippen LogP contribution in [0.5, 0.6) is 5.75 Å². The van der Waals surface area contributed by atoms with E-state index in [1.54, 1.807) is 12.0 Å². The predicted molar refractivity (Wildman–Crippen MR) is 144 cm³/mol. The van der Waals surface area contributed by atoms with Crippen LogP contribution in [0.15, 0.2) is 78.9 Å². The topological polar surface area (TPSA) is 58.6 Å². The van der Waals surface area contributed by atoms with Crippen molar-refractivity contribution in [1.29, 1.82) is 0 Å². The molecule has 0 aromatic heterocycles. The van der Waals surface area contributed by atoms with E-state index in [2.05, 4.69) is 5.32 Å². The maximum atomic E-state index is 13.6. The lowest BCUT2D eigenvalue weighted by Crippen LogP contribution is -2.51. The molecule has 3 aromatic carbocycles. The number of ether oxygens (including phenoxy) is 1. The summed E-state index contributed by atoms with van der Waals surface area (Å²) in [6.07, 6.45) is 0.428. The fraction of sp³-hybridized carbons (Fsp3) is 0.286. The molecule has 0 aliphatic carbocycles. The maximum Gasteiger partial charge on any atom is 0.243 e. The number of hydrogen-bond donors (Lipinski definition) is 1. The molecule has 1 unspecified atom stereocenters. The number of hydrogen-bond acceptors (Lipinski definition) is 4. The lowest BCUT2D eigenvalue weighted by molar-refractivity contribution is -0.139. The molecular formula is C28H31ClN2O3S. The van der Waals surface area contributed by atoms with Crippen LogP contribution in [0.3, 0.4) is 0 Å². The highest BCUT2D eigenvalue weighted by molar-refractivity contribution is 7.99. The number of thioether (sulfide) groups is 1. The molecule has 1 N–H and O–H groups in total. The summed E-state index contributed by atoms with van der Waals surface area (Å²) in [5.74, 6) is 1.30. The van der Waals surface area contributed by atoms with Gasteiger partial charge in [0.1, 0.15) is 11.8 Å². The van der Waals surface area contributed by atoms with Gasteiger partial charge in [0, 0.05) is 30.3 Å². The fourth-order valence-corrected chi connectivity index (χ4v) is 4.96. The van der Waals surface area contributed by atoms with Gasteiger partial charge < -0.3 is 15.0 Å². The smallest absolute Gasteiger partial charge is 0.243 e. The van der Waals surface area contributed by atoms with E-state index in [0.717, 1.165) is 16.7 Å². The summed E-state index contributed by atoms with van der Waals surface area (Å²) >= 11 is 7.77. The number of nitrogens with one attached hydrogen (secondary N) is 1. The predicted octanol–water partition coefficient (Wildman–Crippen LogP) is 5.36. The Balaban J connectivity index is 1.85. The van der Waals surface area contributed by atoms with Crippen LogP contribution >= 0.6 is 23.4 Å². The van der Waals surface area contributed by atoms with E-state index in [0.29, 0.717) is 36.0 Å². The van der Waals surface area contributed by atoms with Crippen LogP contribution in [0.4, 0.5) is 0 Å². The minimum absolute atomic E-state index is 0.0999. The van der Waals surface area contributed by atoms with Gasteiger partial charge in [-0.3, -0.25) is 9.59 Å². The first-order chi connectivity index (χ1) is 17.0. The second kappa shape index (κ2) is 13.8. The van der Waals surface area contributed by atoms with E-state index in [1.165, 1.54) is 11.8 Å². The van der Waals surface area contributed by atoms with E-state index in [1.807, 2.05) is 85.8 Å². The third-order valence-corrected chi connectivity index (χ3v) is 6.89. The molecule has 2 amide bonds. The Morgan fingerprint density at radius 3 is 2.43 bits per heavy atom. The Hall–Kier alpha value is -2.96. The summed E-state index contributed by atoms with van der Waals surface area (Å²) in [6.45, 7) is 2.68. The average molecular weight is 511 g/mol. The molecule has 7 heteroatoms. The fourth-order valence-electron chi connectivity index (χ4n) is 3.76. The van der Waals surface area contributed by atoms with Crippen molar-refractivity contribution in [2.75, 3.05) is 19.4 Å². The van der Waals surface area contributed by atoms with Crippen molar-refractivity contribution in [3.63, 3.8) is 0 Å².